The molecule has 0 saturated heterocycles. The Bertz CT molecular complexity index is 1300. The van der Waals surface area contributed by atoms with Crippen molar-refractivity contribution < 1.29 is 4.74 Å². The molecule has 0 amide bonds. The van der Waals surface area contributed by atoms with E-state index in [-0.39, 0.29) is 0 Å². The third-order valence-corrected chi connectivity index (χ3v) is 5.70. The van der Waals surface area contributed by atoms with E-state index < -0.39 is 0 Å². The highest BCUT2D eigenvalue weighted by Gasteiger charge is 2.21. The third kappa shape index (κ3) is 2.70. The Morgan fingerprint density at radius 2 is 1.83 bits per heavy atom. The van der Waals surface area contributed by atoms with E-state index in [2.05, 4.69) is 32.7 Å². The molecular weight excluding hydrogens is 360 g/mol. The topological polar surface area (TPSA) is 55.7 Å². The lowest BCUT2D eigenvalue weighted by atomic mass is 10.0. The molecule has 0 unspecified atom stereocenters. The molecule has 6 rings (SSSR count). The number of rotatable bonds is 3. The Labute approximate surface area is 168 Å². The summed E-state index contributed by atoms with van der Waals surface area (Å²) in [7, 11) is 0. The van der Waals surface area contributed by atoms with Gasteiger partial charge in [0, 0.05) is 24.0 Å². The van der Waals surface area contributed by atoms with Crippen molar-refractivity contribution in [3.05, 3.63) is 72.6 Å². The van der Waals surface area contributed by atoms with E-state index in [1.807, 2.05) is 48.7 Å². The molecule has 0 radical (unpaired) electrons. The van der Waals surface area contributed by atoms with Crippen molar-refractivity contribution in [2.45, 2.75) is 25.8 Å². The minimum atomic E-state index is 0.507. The molecule has 5 aromatic rings. The zero-order valence-electron chi connectivity index (χ0n) is 15.9. The van der Waals surface area contributed by atoms with Gasteiger partial charge in [-0.2, -0.15) is 4.98 Å². The van der Waals surface area contributed by atoms with E-state index in [0.29, 0.717) is 6.01 Å². The summed E-state index contributed by atoms with van der Waals surface area (Å²) in [6.07, 6.45) is 5.45. The largest absolute Gasteiger partial charge is 0.426 e. The molecule has 1 aliphatic rings. The van der Waals surface area contributed by atoms with E-state index in [0.717, 1.165) is 35.3 Å². The van der Waals surface area contributed by atoms with Crippen molar-refractivity contribution in [3.8, 4) is 22.9 Å². The number of ether oxygens (including phenoxy) is 1. The van der Waals surface area contributed by atoms with E-state index >= 15 is 0 Å². The molecule has 1 N–H and O–H groups in total. The summed E-state index contributed by atoms with van der Waals surface area (Å²) in [5.41, 5.74) is 8.04. The molecular formula is C24H20N4O. The number of aryl methyl sites for hydroxylation is 1. The van der Waals surface area contributed by atoms with Gasteiger partial charge in [0.1, 0.15) is 5.75 Å². The van der Waals surface area contributed by atoms with Crippen LogP contribution < -0.4 is 4.74 Å². The Balaban J connectivity index is 1.37. The fourth-order valence-electron chi connectivity index (χ4n) is 4.38. The third-order valence-electron chi connectivity index (χ3n) is 5.70. The molecule has 0 atom stereocenters. The van der Waals surface area contributed by atoms with Crippen LogP contribution in [0, 0.1) is 0 Å². The number of imidazole rings is 1. The molecule has 2 aromatic carbocycles. The first kappa shape index (κ1) is 16.4. The smallest absolute Gasteiger partial charge is 0.300 e. The summed E-state index contributed by atoms with van der Waals surface area (Å²) in [6.45, 7) is 1.07. The minimum Gasteiger partial charge on any atom is -0.426 e. The van der Waals surface area contributed by atoms with Crippen LogP contribution in [0.2, 0.25) is 0 Å². The maximum absolute atomic E-state index is 5.95. The number of pyridine rings is 1. The number of hydrogen-bond acceptors (Lipinski definition) is 3. The van der Waals surface area contributed by atoms with E-state index in [9.17, 15) is 0 Å². The minimum absolute atomic E-state index is 0.507. The van der Waals surface area contributed by atoms with E-state index in [4.69, 9.17) is 9.72 Å². The van der Waals surface area contributed by atoms with Crippen LogP contribution in [0.4, 0.5) is 0 Å². The number of aromatic nitrogens is 4. The summed E-state index contributed by atoms with van der Waals surface area (Å²) >= 11 is 0. The van der Waals surface area contributed by atoms with Gasteiger partial charge in [-0.05, 0) is 61.2 Å². The summed E-state index contributed by atoms with van der Waals surface area (Å²) in [5, 5.41) is 0. The van der Waals surface area contributed by atoms with Gasteiger partial charge in [-0.15, -0.1) is 0 Å². The van der Waals surface area contributed by atoms with Gasteiger partial charge in [0.05, 0.1) is 22.1 Å². The van der Waals surface area contributed by atoms with E-state index in [1.165, 1.54) is 35.2 Å². The highest BCUT2D eigenvalue weighted by molar-refractivity contribution is 5.95. The molecule has 0 saturated carbocycles. The molecule has 29 heavy (non-hydrogen) atoms. The molecule has 0 fully saturated rings. The highest BCUT2D eigenvalue weighted by Crippen LogP contribution is 2.37. The number of aromatic amines is 1. The monoisotopic (exact) mass is 380 g/mol. The van der Waals surface area contributed by atoms with Gasteiger partial charge in [0.25, 0.3) is 6.01 Å². The molecule has 5 heteroatoms. The van der Waals surface area contributed by atoms with Crippen LogP contribution in [0.1, 0.15) is 18.5 Å². The number of H-pyrrole nitrogens is 1. The van der Waals surface area contributed by atoms with Crippen LogP contribution in [-0.2, 0) is 13.0 Å². The molecule has 0 aliphatic carbocycles. The van der Waals surface area contributed by atoms with E-state index in [1.54, 1.807) is 0 Å². The summed E-state index contributed by atoms with van der Waals surface area (Å²) < 4.78 is 8.39. The van der Waals surface area contributed by atoms with Crippen LogP contribution in [-0.4, -0.2) is 19.5 Å². The predicted octanol–water partition coefficient (Wildman–Crippen LogP) is 5.71. The van der Waals surface area contributed by atoms with Gasteiger partial charge in [-0.25, -0.2) is 0 Å². The number of nitrogens with one attached hydrogen (secondary N) is 1. The van der Waals surface area contributed by atoms with Gasteiger partial charge in [0.15, 0.2) is 0 Å². The SMILES string of the molecule is c1ccc2[nH]c(Oc3ccc(-c4c5n(c6cccnc46)CCCC5)cc3)nc2c1. The molecule has 0 spiro atoms. The zero-order valence-corrected chi connectivity index (χ0v) is 15.9. The van der Waals surface area contributed by atoms with Gasteiger partial charge >= 0.3 is 0 Å². The first-order chi connectivity index (χ1) is 14.4. The summed E-state index contributed by atoms with van der Waals surface area (Å²) in [6, 6.07) is 20.9. The average Bonchev–Trinajstić information content (AvgIpc) is 3.33. The summed E-state index contributed by atoms with van der Waals surface area (Å²) in [4.78, 5) is 12.4. The van der Waals surface area contributed by atoms with Crippen molar-refractivity contribution in [2.75, 3.05) is 0 Å². The normalized spacial score (nSPS) is 13.7. The van der Waals surface area contributed by atoms with Gasteiger partial charge in [0.2, 0.25) is 0 Å². The number of nitrogens with zero attached hydrogens (tertiary/aromatic N) is 3. The van der Waals surface area contributed by atoms with Crippen molar-refractivity contribution in [3.63, 3.8) is 0 Å². The quantitative estimate of drug-likeness (QED) is 0.436. The first-order valence-electron chi connectivity index (χ1n) is 10.1. The second-order valence-electron chi connectivity index (χ2n) is 7.49. The standard InChI is InChI=1S/C24H20N4O/c1-2-7-19-18(6-1)26-24(27-19)29-17-12-10-16(11-13-17)22-20-8-3-4-15-28(20)21-9-5-14-25-23(21)22/h1-2,5-7,9-14H,3-4,8,15H2,(H,26,27). The first-order valence-corrected chi connectivity index (χ1v) is 10.1. The lowest BCUT2D eigenvalue weighted by Gasteiger charge is -2.17. The number of benzene rings is 2. The van der Waals surface area contributed by atoms with Crippen LogP contribution in [0.15, 0.2) is 66.9 Å². The average molecular weight is 380 g/mol. The zero-order chi connectivity index (χ0) is 19.2. The molecule has 4 heterocycles. The second kappa shape index (κ2) is 6.48. The van der Waals surface area contributed by atoms with Crippen LogP contribution in [0.25, 0.3) is 33.2 Å². The Hall–Kier alpha value is -3.60. The highest BCUT2D eigenvalue weighted by atomic mass is 16.5. The fourth-order valence-corrected chi connectivity index (χ4v) is 4.38. The van der Waals surface area contributed by atoms with Crippen LogP contribution >= 0.6 is 0 Å². The van der Waals surface area contributed by atoms with Crippen molar-refractivity contribution in [2.24, 2.45) is 0 Å². The van der Waals surface area contributed by atoms with Crippen molar-refractivity contribution >= 4 is 22.1 Å². The lowest BCUT2D eigenvalue weighted by molar-refractivity contribution is 0.449. The van der Waals surface area contributed by atoms with Crippen LogP contribution in [0.3, 0.4) is 0 Å². The Morgan fingerprint density at radius 1 is 0.931 bits per heavy atom. The fraction of sp³-hybridized carbons (Fsp3) is 0.167. The number of fused-ring (bicyclic) bond motifs is 4. The lowest BCUT2D eigenvalue weighted by Crippen LogP contribution is -2.09. The molecule has 0 bridgehead atoms. The maximum Gasteiger partial charge on any atom is 0.300 e. The summed E-state index contributed by atoms with van der Waals surface area (Å²) in [5.74, 6) is 0.762. The van der Waals surface area contributed by atoms with Crippen molar-refractivity contribution in [1.29, 1.82) is 0 Å². The maximum atomic E-state index is 5.95. The van der Waals surface area contributed by atoms with Crippen LogP contribution in [0.5, 0.6) is 11.8 Å². The Kier molecular flexibility index (Phi) is 3.66. The Morgan fingerprint density at radius 3 is 2.72 bits per heavy atom. The predicted molar refractivity (Wildman–Crippen MR) is 114 cm³/mol. The molecule has 3 aromatic heterocycles. The van der Waals surface area contributed by atoms with Gasteiger partial charge in [-0.3, -0.25) is 4.98 Å². The molecule has 1 aliphatic heterocycles. The van der Waals surface area contributed by atoms with Crippen molar-refractivity contribution in [1.82, 2.24) is 19.5 Å². The molecule has 142 valence electrons. The molecule has 5 nitrogen and oxygen atoms in total. The number of hydrogen-bond donors (Lipinski definition) is 1. The van der Waals surface area contributed by atoms with Gasteiger partial charge < -0.3 is 14.3 Å². The second-order valence-corrected chi connectivity index (χ2v) is 7.49. The van der Waals surface area contributed by atoms with Gasteiger partial charge in [-0.1, -0.05) is 24.3 Å². The number of para-hydroxylation sites is 2.